The van der Waals surface area contributed by atoms with E-state index in [1.165, 1.54) is 11.1 Å². The van der Waals surface area contributed by atoms with Crippen LogP contribution in [0, 0.1) is 13.8 Å². The smallest absolute Gasteiger partial charge is 0.253 e. The van der Waals surface area contributed by atoms with Gasteiger partial charge >= 0.3 is 0 Å². The number of aryl methyl sites for hydroxylation is 3. The summed E-state index contributed by atoms with van der Waals surface area (Å²) in [7, 11) is 0. The summed E-state index contributed by atoms with van der Waals surface area (Å²) in [6.07, 6.45) is 1.02. The molecule has 4 nitrogen and oxygen atoms in total. The van der Waals surface area contributed by atoms with Gasteiger partial charge < -0.3 is 10.6 Å². The number of hydrogen-bond acceptors (Lipinski definition) is 2. The van der Waals surface area contributed by atoms with Gasteiger partial charge in [0.15, 0.2) is 0 Å². The zero-order valence-corrected chi connectivity index (χ0v) is 17.7. The number of carbonyl (C=O) groups excluding carboxylic acids is 2. The van der Waals surface area contributed by atoms with Crippen LogP contribution in [-0.2, 0) is 11.2 Å². The van der Waals surface area contributed by atoms with E-state index in [0.717, 1.165) is 11.1 Å². The fourth-order valence-corrected chi connectivity index (χ4v) is 3.32. The van der Waals surface area contributed by atoms with Crippen molar-refractivity contribution in [2.24, 2.45) is 0 Å². The van der Waals surface area contributed by atoms with Crippen LogP contribution in [-0.4, -0.2) is 11.8 Å². The van der Waals surface area contributed by atoms with Gasteiger partial charge in [-0.3, -0.25) is 9.59 Å². The minimum atomic E-state index is -0.212. The lowest BCUT2D eigenvalue weighted by atomic mass is 10.0. The van der Waals surface area contributed by atoms with Gasteiger partial charge in [-0.15, -0.1) is 0 Å². The predicted molar refractivity (Wildman–Crippen MR) is 122 cm³/mol. The lowest BCUT2D eigenvalue weighted by Crippen LogP contribution is -2.28. The highest BCUT2D eigenvalue weighted by atomic mass is 16.2. The van der Waals surface area contributed by atoms with Gasteiger partial charge in [-0.2, -0.15) is 0 Å². The summed E-state index contributed by atoms with van der Waals surface area (Å²) in [6, 6.07) is 23.0. The molecule has 0 radical (unpaired) electrons. The molecule has 0 heterocycles. The molecule has 2 N–H and O–H groups in total. The van der Waals surface area contributed by atoms with Crippen LogP contribution >= 0.6 is 0 Å². The zero-order chi connectivity index (χ0) is 21.5. The van der Waals surface area contributed by atoms with Crippen molar-refractivity contribution >= 4 is 17.5 Å². The Morgan fingerprint density at radius 2 is 1.57 bits per heavy atom. The largest absolute Gasteiger partial charge is 0.345 e. The summed E-state index contributed by atoms with van der Waals surface area (Å²) in [5.41, 5.74) is 5.62. The van der Waals surface area contributed by atoms with E-state index < -0.39 is 0 Å². The van der Waals surface area contributed by atoms with Crippen molar-refractivity contribution < 1.29 is 9.59 Å². The molecule has 0 aliphatic heterocycles. The third-order valence-electron chi connectivity index (χ3n) is 5.31. The highest BCUT2D eigenvalue weighted by molar-refractivity contribution is 6.03. The second-order valence-electron chi connectivity index (χ2n) is 7.62. The summed E-state index contributed by atoms with van der Waals surface area (Å²) in [6.45, 7) is 6.09. The van der Waals surface area contributed by atoms with Crippen molar-refractivity contribution in [2.75, 3.05) is 5.32 Å². The van der Waals surface area contributed by atoms with Gasteiger partial charge in [0.2, 0.25) is 5.91 Å². The molecule has 3 aromatic carbocycles. The lowest BCUT2D eigenvalue weighted by molar-refractivity contribution is -0.116. The second-order valence-corrected chi connectivity index (χ2v) is 7.62. The zero-order valence-electron chi connectivity index (χ0n) is 17.7. The first kappa shape index (κ1) is 21.3. The molecule has 0 aliphatic carbocycles. The Bertz CT molecular complexity index is 1030. The Balaban J connectivity index is 1.63. The van der Waals surface area contributed by atoms with E-state index >= 15 is 0 Å². The molecule has 1 unspecified atom stereocenters. The Kier molecular flexibility index (Phi) is 7.02. The van der Waals surface area contributed by atoms with Gasteiger partial charge in [-0.05, 0) is 61.6 Å². The maximum atomic E-state index is 12.8. The van der Waals surface area contributed by atoms with Crippen LogP contribution in [0.4, 0.5) is 5.69 Å². The molecular weight excluding hydrogens is 372 g/mol. The van der Waals surface area contributed by atoms with E-state index in [-0.39, 0.29) is 17.9 Å². The average Bonchev–Trinajstić information content (AvgIpc) is 2.75. The third kappa shape index (κ3) is 5.57. The summed E-state index contributed by atoms with van der Waals surface area (Å²) in [4.78, 5) is 25.3. The molecule has 0 aliphatic rings. The number of hydrogen-bond donors (Lipinski definition) is 2. The number of carbonyl (C=O) groups is 2. The van der Waals surface area contributed by atoms with E-state index in [1.807, 2.05) is 43.3 Å². The van der Waals surface area contributed by atoms with Crippen molar-refractivity contribution in [3.05, 3.63) is 101 Å². The molecule has 30 heavy (non-hydrogen) atoms. The number of rotatable bonds is 7. The maximum Gasteiger partial charge on any atom is 0.253 e. The van der Waals surface area contributed by atoms with Crippen molar-refractivity contribution in [2.45, 2.75) is 39.7 Å². The molecule has 0 aromatic heterocycles. The third-order valence-corrected chi connectivity index (χ3v) is 5.31. The molecule has 3 rings (SSSR count). The molecule has 3 aromatic rings. The Labute approximate surface area is 178 Å². The SMILES string of the molecule is Cc1ccc(CCC(=O)Nc2ccccc2C(=O)NC(C)c2ccccc2)cc1C. The van der Waals surface area contributed by atoms with E-state index in [0.29, 0.717) is 24.1 Å². The van der Waals surface area contributed by atoms with Crippen LogP contribution in [0.5, 0.6) is 0 Å². The molecular formula is C26H28N2O2. The van der Waals surface area contributed by atoms with Crippen molar-refractivity contribution in [1.82, 2.24) is 5.32 Å². The van der Waals surface area contributed by atoms with Crippen molar-refractivity contribution in [1.29, 1.82) is 0 Å². The molecule has 2 amide bonds. The minimum Gasteiger partial charge on any atom is -0.345 e. The van der Waals surface area contributed by atoms with Crippen LogP contribution in [0.2, 0.25) is 0 Å². The highest BCUT2D eigenvalue weighted by Crippen LogP contribution is 2.19. The van der Waals surface area contributed by atoms with E-state index in [4.69, 9.17) is 0 Å². The van der Waals surface area contributed by atoms with Gasteiger partial charge in [0, 0.05) is 6.42 Å². The molecule has 1 atom stereocenters. The van der Waals surface area contributed by atoms with Crippen LogP contribution < -0.4 is 10.6 Å². The Hall–Kier alpha value is -3.40. The first-order valence-corrected chi connectivity index (χ1v) is 10.2. The summed E-state index contributed by atoms with van der Waals surface area (Å²) < 4.78 is 0. The van der Waals surface area contributed by atoms with Gasteiger partial charge in [-0.1, -0.05) is 60.7 Å². The number of anilines is 1. The predicted octanol–water partition coefficient (Wildman–Crippen LogP) is 5.37. The topological polar surface area (TPSA) is 58.2 Å². The minimum absolute atomic E-state index is 0.107. The molecule has 0 saturated heterocycles. The first-order chi connectivity index (χ1) is 14.4. The maximum absolute atomic E-state index is 12.8. The van der Waals surface area contributed by atoms with Crippen LogP contribution in [0.15, 0.2) is 72.8 Å². The van der Waals surface area contributed by atoms with Crippen molar-refractivity contribution in [3.8, 4) is 0 Å². The highest BCUT2D eigenvalue weighted by Gasteiger charge is 2.16. The van der Waals surface area contributed by atoms with Crippen LogP contribution in [0.1, 0.15) is 52.0 Å². The normalized spacial score (nSPS) is 11.6. The van der Waals surface area contributed by atoms with Crippen LogP contribution in [0.25, 0.3) is 0 Å². The standard InChI is InChI=1S/C26H28N2O2/c1-18-13-14-21(17-19(18)2)15-16-25(29)28-24-12-8-7-11-23(24)26(30)27-20(3)22-9-5-4-6-10-22/h4-14,17,20H,15-16H2,1-3H3,(H,27,30)(H,28,29). The molecule has 154 valence electrons. The van der Waals surface area contributed by atoms with Crippen LogP contribution in [0.3, 0.4) is 0 Å². The lowest BCUT2D eigenvalue weighted by Gasteiger charge is -2.16. The van der Waals surface area contributed by atoms with Crippen molar-refractivity contribution in [3.63, 3.8) is 0 Å². The van der Waals surface area contributed by atoms with Gasteiger partial charge in [0.1, 0.15) is 0 Å². The summed E-state index contributed by atoms with van der Waals surface area (Å²) in [5.74, 6) is -0.319. The number of benzene rings is 3. The number of para-hydroxylation sites is 1. The fraction of sp³-hybridized carbons (Fsp3) is 0.231. The fourth-order valence-electron chi connectivity index (χ4n) is 3.32. The summed E-state index contributed by atoms with van der Waals surface area (Å²) >= 11 is 0. The Morgan fingerprint density at radius 3 is 2.30 bits per heavy atom. The number of nitrogens with one attached hydrogen (secondary N) is 2. The van der Waals surface area contributed by atoms with Gasteiger partial charge in [0.25, 0.3) is 5.91 Å². The quantitative estimate of drug-likeness (QED) is 0.560. The van der Waals surface area contributed by atoms with E-state index in [9.17, 15) is 9.59 Å². The second kappa shape index (κ2) is 9.88. The van der Waals surface area contributed by atoms with E-state index in [1.54, 1.807) is 18.2 Å². The summed E-state index contributed by atoms with van der Waals surface area (Å²) in [5, 5.41) is 5.91. The monoisotopic (exact) mass is 400 g/mol. The first-order valence-electron chi connectivity index (χ1n) is 10.2. The van der Waals surface area contributed by atoms with E-state index in [2.05, 4.69) is 42.7 Å². The molecule has 4 heteroatoms. The van der Waals surface area contributed by atoms with Gasteiger partial charge in [0.05, 0.1) is 17.3 Å². The number of amides is 2. The molecule has 0 spiro atoms. The average molecular weight is 401 g/mol. The van der Waals surface area contributed by atoms with Gasteiger partial charge in [-0.25, -0.2) is 0 Å². The molecule has 0 fully saturated rings. The molecule has 0 bridgehead atoms. The Morgan fingerprint density at radius 1 is 0.867 bits per heavy atom. The molecule has 0 saturated carbocycles.